The van der Waals surface area contributed by atoms with Gasteiger partial charge in [-0.3, -0.25) is 0 Å². The summed E-state index contributed by atoms with van der Waals surface area (Å²) >= 11 is 0. The molecule has 0 aromatic heterocycles. The zero-order valence-electron chi connectivity index (χ0n) is 19.0. The Labute approximate surface area is 165 Å². The molecule has 2 aliphatic carbocycles. The number of methoxy groups -OCH3 is 1. The van der Waals surface area contributed by atoms with Gasteiger partial charge in [0.25, 0.3) is 0 Å². The van der Waals surface area contributed by atoms with Gasteiger partial charge in [0.1, 0.15) is 0 Å². The van der Waals surface area contributed by atoms with Gasteiger partial charge in [-0.25, -0.2) is 5.10 Å². The Morgan fingerprint density at radius 2 is 1.35 bits per heavy atom. The Morgan fingerprint density at radius 1 is 0.923 bits per heavy atom. The molecule has 0 bridgehead atoms. The number of rotatable bonds is 7. The lowest BCUT2D eigenvalue weighted by molar-refractivity contribution is 0.0255. The van der Waals surface area contributed by atoms with Crippen LogP contribution in [-0.2, 0) is 4.74 Å². The largest absolute Gasteiger partial charge is 0.378 e. The van der Waals surface area contributed by atoms with E-state index in [1.165, 1.54) is 64.2 Å². The van der Waals surface area contributed by atoms with Crippen molar-refractivity contribution in [2.45, 2.75) is 128 Å². The fourth-order valence-corrected chi connectivity index (χ4v) is 9.53. The van der Waals surface area contributed by atoms with Crippen LogP contribution >= 0.6 is 0 Å². The molecule has 0 radical (unpaired) electrons. The highest BCUT2D eigenvalue weighted by Crippen LogP contribution is 2.53. The summed E-state index contributed by atoms with van der Waals surface area (Å²) in [6.45, 7) is 15.1. The van der Waals surface area contributed by atoms with E-state index in [0.29, 0.717) is 0 Å². The number of hydrogen-bond acceptors (Lipinski definition) is 1. The molecule has 26 heavy (non-hydrogen) atoms. The molecule has 0 aromatic carbocycles. The average molecular weight is 378 g/mol. The fourth-order valence-electron chi connectivity index (χ4n) is 6.48. The van der Waals surface area contributed by atoms with Crippen molar-refractivity contribution in [2.75, 3.05) is 7.11 Å². The van der Waals surface area contributed by atoms with Crippen LogP contribution in [0.25, 0.3) is 0 Å². The quantitative estimate of drug-likeness (QED) is 0.410. The second-order valence-electron chi connectivity index (χ2n) is 11.4. The van der Waals surface area contributed by atoms with E-state index in [0.717, 1.165) is 18.1 Å². The SMILES string of the molecule is COC(C)(C)C/C=C(/[B-](C)(C1CCCCC1)C1CCCCC1)[Si](C)(C)C. The van der Waals surface area contributed by atoms with Crippen LogP contribution in [0.15, 0.2) is 11.2 Å². The van der Waals surface area contributed by atoms with E-state index in [2.05, 4.69) is 46.4 Å². The summed E-state index contributed by atoms with van der Waals surface area (Å²) in [5.74, 6) is 1.94. The zero-order valence-corrected chi connectivity index (χ0v) is 20.0. The van der Waals surface area contributed by atoms with Gasteiger partial charge in [-0.05, 0) is 20.3 Å². The molecule has 1 nitrogen and oxygen atoms in total. The lowest BCUT2D eigenvalue weighted by Gasteiger charge is -2.58. The van der Waals surface area contributed by atoms with E-state index in [9.17, 15) is 0 Å². The maximum Gasteiger partial charge on any atom is 0.0655 e. The minimum Gasteiger partial charge on any atom is -0.378 e. The molecular formula is C23H46BOSi-. The van der Waals surface area contributed by atoms with Gasteiger partial charge < -0.3 is 4.74 Å². The molecule has 0 saturated heterocycles. The standard InChI is InChI=1S/C23H46BOSi/c1-23(2,25-4)19-18-22(26(5,6)7)24(3,20-14-10-8-11-15-20)21-16-12-9-13-17-21/h18,20-21H,8-17,19H2,1-7H3/q-1/b22-18-. The van der Waals surface area contributed by atoms with Crippen molar-refractivity contribution >= 4 is 14.2 Å². The Hall–Kier alpha value is -0.0182. The van der Waals surface area contributed by atoms with Crippen molar-refractivity contribution in [2.24, 2.45) is 0 Å². The third-order valence-corrected chi connectivity index (χ3v) is 10.7. The Balaban J connectivity index is 2.44. The minimum absolute atomic E-state index is 0.0407. The van der Waals surface area contributed by atoms with Crippen LogP contribution in [-0.4, -0.2) is 26.9 Å². The first-order valence-corrected chi connectivity index (χ1v) is 15.1. The Morgan fingerprint density at radius 3 is 1.69 bits per heavy atom. The van der Waals surface area contributed by atoms with Gasteiger partial charge >= 0.3 is 0 Å². The molecule has 2 fully saturated rings. The predicted octanol–water partition coefficient (Wildman–Crippen LogP) is 7.89. The molecule has 0 amide bonds. The normalized spacial score (nSPS) is 22.7. The van der Waals surface area contributed by atoms with Gasteiger partial charge in [0.2, 0.25) is 0 Å². The van der Waals surface area contributed by atoms with Crippen LogP contribution in [0.1, 0.15) is 84.5 Å². The van der Waals surface area contributed by atoms with E-state index in [1.807, 2.05) is 12.2 Å². The molecule has 0 atom stereocenters. The first-order valence-electron chi connectivity index (χ1n) is 11.6. The molecule has 0 aliphatic heterocycles. The van der Waals surface area contributed by atoms with Crippen molar-refractivity contribution in [3.63, 3.8) is 0 Å². The van der Waals surface area contributed by atoms with Crippen molar-refractivity contribution in [1.82, 2.24) is 0 Å². The lowest BCUT2D eigenvalue weighted by Crippen LogP contribution is -2.52. The maximum atomic E-state index is 5.78. The molecule has 2 saturated carbocycles. The first kappa shape index (κ1) is 22.3. The summed E-state index contributed by atoms with van der Waals surface area (Å²) in [4.78, 5) is 0. The van der Waals surface area contributed by atoms with Crippen LogP contribution in [0.3, 0.4) is 0 Å². The van der Waals surface area contributed by atoms with Gasteiger partial charge in [0.05, 0.1) is 5.60 Å². The van der Waals surface area contributed by atoms with Gasteiger partial charge in [-0.2, -0.15) is 18.5 Å². The average Bonchev–Trinajstić information content (AvgIpc) is 2.62. The monoisotopic (exact) mass is 377 g/mol. The van der Waals surface area contributed by atoms with Crippen molar-refractivity contribution in [3.8, 4) is 0 Å². The summed E-state index contributed by atoms with van der Waals surface area (Å²) in [5.41, 5.74) is -0.0407. The molecule has 152 valence electrons. The second kappa shape index (κ2) is 8.99. The zero-order chi connectivity index (χ0) is 19.4. The van der Waals surface area contributed by atoms with E-state index in [4.69, 9.17) is 4.74 Å². The van der Waals surface area contributed by atoms with E-state index >= 15 is 0 Å². The van der Waals surface area contributed by atoms with E-state index in [-0.39, 0.29) is 5.60 Å². The van der Waals surface area contributed by atoms with Gasteiger partial charge in [0, 0.05) is 21.3 Å². The molecule has 0 N–H and O–H groups in total. The Bertz CT molecular complexity index is 447. The summed E-state index contributed by atoms with van der Waals surface area (Å²) < 4.78 is 5.78. The highest BCUT2D eigenvalue weighted by molar-refractivity contribution is 7.06. The maximum absolute atomic E-state index is 5.78. The third kappa shape index (κ3) is 5.28. The highest BCUT2D eigenvalue weighted by Gasteiger charge is 2.42. The number of ether oxygens (including phenoxy) is 1. The van der Waals surface area contributed by atoms with Crippen LogP contribution in [0.5, 0.6) is 0 Å². The van der Waals surface area contributed by atoms with Gasteiger partial charge in [-0.1, -0.05) is 83.8 Å². The smallest absolute Gasteiger partial charge is 0.0655 e. The third-order valence-electron chi connectivity index (χ3n) is 8.16. The lowest BCUT2D eigenvalue weighted by atomic mass is 9.12. The Kier molecular flexibility index (Phi) is 7.70. The minimum atomic E-state index is -1.37. The summed E-state index contributed by atoms with van der Waals surface area (Å²) in [6, 6.07) is 0. The van der Waals surface area contributed by atoms with E-state index < -0.39 is 14.2 Å². The predicted molar refractivity (Wildman–Crippen MR) is 122 cm³/mol. The van der Waals surface area contributed by atoms with Crippen LogP contribution < -0.4 is 0 Å². The molecule has 2 rings (SSSR count). The van der Waals surface area contributed by atoms with Crippen molar-refractivity contribution < 1.29 is 4.74 Å². The van der Waals surface area contributed by atoms with E-state index in [1.54, 1.807) is 0 Å². The second-order valence-corrected chi connectivity index (χ2v) is 16.4. The molecular weight excluding hydrogens is 331 g/mol. The van der Waals surface area contributed by atoms with Crippen LogP contribution in [0.2, 0.25) is 38.1 Å². The molecule has 0 spiro atoms. The van der Waals surface area contributed by atoms with Gasteiger partial charge in [0.15, 0.2) is 0 Å². The molecule has 3 heteroatoms. The summed E-state index contributed by atoms with van der Waals surface area (Å²) in [7, 11) is 0.500. The number of hydrogen-bond donors (Lipinski definition) is 0. The molecule has 2 aliphatic rings. The van der Waals surface area contributed by atoms with Gasteiger partial charge in [-0.15, -0.1) is 6.08 Å². The van der Waals surface area contributed by atoms with Crippen molar-refractivity contribution in [3.05, 3.63) is 11.2 Å². The van der Waals surface area contributed by atoms with Crippen molar-refractivity contribution in [1.29, 1.82) is 0 Å². The summed E-state index contributed by atoms with van der Waals surface area (Å²) in [6.07, 6.45) is 18.1. The van der Waals surface area contributed by atoms with Crippen LogP contribution in [0, 0.1) is 0 Å². The van der Waals surface area contributed by atoms with Crippen LogP contribution in [0.4, 0.5) is 0 Å². The molecule has 0 heterocycles. The molecule has 0 unspecified atom stereocenters. The highest BCUT2D eigenvalue weighted by atomic mass is 28.3. The first-order chi connectivity index (χ1) is 12.1. The topological polar surface area (TPSA) is 9.23 Å². The fraction of sp³-hybridized carbons (Fsp3) is 0.913. The molecule has 0 aromatic rings. The summed E-state index contributed by atoms with van der Waals surface area (Å²) in [5, 5.41) is 1.93.